The number of hydrogen-bond acceptors (Lipinski definition) is 5. The van der Waals surface area contributed by atoms with Gasteiger partial charge in [0.2, 0.25) is 5.43 Å². The molecule has 1 saturated heterocycles. The molecular weight excluding hydrogens is 440 g/mol. The number of nitrogens with zero attached hydrogens (tertiary/aromatic N) is 2. The highest BCUT2D eigenvalue weighted by Gasteiger charge is 2.26. The summed E-state index contributed by atoms with van der Waals surface area (Å²) in [7, 11) is 0. The van der Waals surface area contributed by atoms with E-state index in [4.69, 9.17) is 9.15 Å². The predicted molar refractivity (Wildman–Crippen MR) is 138 cm³/mol. The van der Waals surface area contributed by atoms with Gasteiger partial charge in [0.25, 0.3) is 5.91 Å². The van der Waals surface area contributed by atoms with Crippen LogP contribution in [0.4, 0.5) is 5.69 Å². The van der Waals surface area contributed by atoms with Gasteiger partial charge in [-0.25, -0.2) is 0 Å². The first kappa shape index (κ1) is 22.7. The van der Waals surface area contributed by atoms with Crippen LogP contribution in [0.25, 0.3) is 22.1 Å². The number of anilines is 1. The molecule has 2 heterocycles. The lowest BCUT2D eigenvalue weighted by Crippen LogP contribution is -2.52. The van der Waals surface area contributed by atoms with Crippen LogP contribution in [0.1, 0.15) is 12.7 Å². The van der Waals surface area contributed by atoms with Gasteiger partial charge in [-0.3, -0.25) is 9.59 Å². The fraction of sp³-hybridized carbons (Fsp3) is 0.241. The van der Waals surface area contributed by atoms with Crippen molar-refractivity contribution in [2.75, 3.05) is 31.1 Å². The van der Waals surface area contributed by atoms with Crippen LogP contribution in [0.15, 0.2) is 88.1 Å². The van der Waals surface area contributed by atoms with E-state index in [1.54, 1.807) is 32.0 Å². The Morgan fingerprint density at radius 2 is 1.57 bits per heavy atom. The molecule has 178 valence electrons. The molecule has 4 aromatic rings. The number of rotatable bonds is 5. The largest absolute Gasteiger partial charge is 0.481 e. The molecule has 6 nitrogen and oxygen atoms in total. The number of amides is 1. The molecule has 0 radical (unpaired) electrons. The van der Waals surface area contributed by atoms with Gasteiger partial charge in [-0.05, 0) is 43.7 Å². The molecule has 0 spiro atoms. The molecule has 1 aromatic heterocycles. The second-order valence-corrected chi connectivity index (χ2v) is 8.79. The summed E-state index contributed by atoms with van der Waals surface area (Å²) < 4.78 is 12.0. The third-order valence-electron chi connectivity index (χ3n) is 6.48. The molecule has 6 heteroatoms. The molecule has 1 aliphatic rings. The fourth-order valence-electron chi connectivity index (χ4n) is 4.63. The summed E-state index contributed by atoms with van der Waals surface area (Å²) in [5.74, 6) is 0.998. The first-order chi connectivity index (χ1) is 17.0. The third-order valence-corrected chi connectivity index (χ3v) is 6.48. The van der Waals surface area contributed by atoms with E-state index < -0.39 is 6.10 Å². The van der Waals surface area contributed by atoms with Crippen molar-refractivity contribution < 1.29 is 13.9 Å². The van der Waals surface area contributed by atoms with Crippen molar-refractivity contribution in [3.05, 3.63) is 94.8 Å². The van der Waals surface area contributed by atoms with Gasteiger partial charge in [-0.2, -0.15) is 0 Å². The lowest BCUT2D eigenvalue weighted by atomic mass is 10.0. The number of benzene rings is 3. The van der Waals surface area contributed by atoms with Crippen LogP contribution < -0.4 is 15.1 Å². The third kappa shape index (κ3) is 4.64. The van der Waals surface area contributed by atoms with Crippen molar-refractivity contribution in [2.24, 2.45) is 0 Å². The first-order valence-electron chi connectivity index (χ1n) is 11.9. The van der Waals surface area contributed by atoms with Crippen molar-refractivity contribution in [3.63, 3.8) is 0 Å². The summed E-state index contributed by atoms with van der Waals surface area (Å²) >= 11 is 0. The zero-order valence-electron chi connectivity index (χ0n) is 19.9. The van der Waals surface area contributed by atoms with Crippen molar-refractivity contribution >= 4 is 22.6 Å². The molecule has 5 rings (SSSR count). The summed E-state index contributed by atoms with van der Waals surface area (Å²) in [4.78, 5) is 30.3. The van der Waals surface area contributed by atoms with Crippen LogP contribution in [-0.4, -0.2) is 43.1 Å². The van der Waals surface area contributed by atoms with E-state index in [-0.39, 0.29) is 11.3 Å². The van der Waals surface area contributed by atoms with Gasteiger partial charge in [-0.15, -0.1) is 0 Å². The monoisotopic (exact) mass is 468 g/mol. The Labute approximate surface area is 204 Å². The Hall–Kier alpha value is -4.06. The van der Waals surface area contributed by atoms with Gasteiger partial charge in [0.1, 0.15) is 17.1 Å². The number of carbonyl (C=O) groups excluding carboxylic acids is 1. The predicted octanol–water partition coefficient (Wildman–Crippen LogP) is 4.88. The molecular formula is C29H28N2O4. The highest BCUT2D eigenvalue weighted by atomic mass is 16.5. The fourth-order valence-corrected chi connectivity index (χ4v) is 4.63. The average molecular weight is 469 g/mol. The number of ether oxygens (including phenoxy) is 1. The molecule has 1 aliphatic heterocycles. The lowest BCUT2D eigenvalue weighted by molar-refractivity contribution is -0.138. The standard InChI is InChI=1S/C29H28N2O4/c1-20-27(22-9-5-3-6-10-22)28(32)25-14-13-24(19-26(25)35-20)34-21(2)29(33)31-17-15-30(16-18-31)23-11-7-4-8-12-23/h3-14,19,21H,15-18H2,1-2H3. The Balaban J connectivity index is 1.29. The topological polar surface area (TPSA) is 63.0 Å². The Morgan fingerprint density at radius 3 is 2.26 bits per heavy atom. The van der Waals surface area contributed by atoms with Gasteiger partial charge in [0.05, 0.1) is 10.9 Å². The Morgan fingerprint density at radius 1 is 0.914 bits per heavy atom. The molecule has 0 bridgehead atoms. The number of para-hydroxylation sites is 1. The van der Waals surface area contributed by atoms with Gasteiger partial charge in [0.15, 0.2) is 6.10 Å². The van der Waals surface area contributed by atoms with Crippen LogP contribution in [0.2, 0.25) is 0 Å². The van der Waals surface area contributed by atoms with E-state index in [0.29, 0.717) is 41.1 Å². The SMILES string of the molecule is Cc1oc2cc(OC(C)C(=O)N3CCN(c4ccccc4)CC3)ccc2c(=O)c1-c1ccccc1. The average Bonchev–Trinajstić information content (AvgIpc) is 2.89. The van der Waals surface area contributed by atoms with E-state index in [1.807, 2.05) is 53.4 Å². The molecule has 3 aromatic carbocycles. The molecule has 1 unspecified atom stereocenters. The number of fused-ring (bicyclic) bond motifs is 1. The molecule has 1 atom stereocenters. The number of carbonyl (C=O) groups is 1. The Kier molecular flexibility index (Phi) is 6.27. The molecule has 0 N–H and O–H groups in total. The highest BCUT2D eigenvalue weighted by Crippen LogP contribution is 2.27. The summed E-state index contributed by atoms with van der Waals surface area (Å²) in [6.45, 7) is 6.41. The lowest BCUT2D eigenvalue weighted by Gasteiger charge is -2.37. The summed E-state index contributed by atoms with van der Waals surface area (Å²) in [5, 5.41) is 0.484. The van der Waals surface area contributed by atoms with Crippen molar-refractivity contribution in [1.82, 2.24) is 4.90 Å². The Bertz CT molecular complexity index is 1390. The quantitative estimate of drug-likeness (QED) is 0.418. The van der Waals surface area contributed by atoms with Gasteiger partial charge in [0, 0.05) is 37.9 Å². The van der Waals surface area contributed by atoms with Crippen molar-refractivity contribution in [2.45, 2.75) is 20.0 Å². The zero-order valence-corrected chi connectivity index (χ0v) is 19.9. The van der Waals surface area contributed by atoms with Crippen molar-refractivity contribution in [3.8, 4) is 16.9 Å². The molecule has 35 heavy (non-hydrogen) atoms. The minimum absolute atomic E-state index is 0.0464. The summed E-state index contributed by atoms with van der Waals surface area (Å²) in [6.07, 6.45) is -0.646. The normalized spacial score (nSPS) is 14.7. The van der Waals surface area contributed by atoms with E-state index in [1.165, 1.54) is 5.69 Å². The van der Waals surface area contributed by atoms with Gasteiger partial charge >= 0.3 is 0 Å². The number of hydrogen-bond donors (Lipinski definition) is 0. The van der Waals surface area contributed by atoms with E-state index in [2.05, 4.69) is 17.0 Å². The van der Waals surface area contributed by atoms with Crippen LogP contribution in [0.3, 0.4) is 0 Å². The minimum atomic E-state index is -0.646. The van der Waals surface area contributed by atoms with E-state index in [0.717, 1.165) is 18.7 Å². The van der Waals surface area contributed by atoms with E-state index in [9.17, 15) is 9.59 Å². The summed E-state index contributed by atoms with van der Waals surface area (Å²) in [6, 6.07) is 24.9. The zero-order chi connectivity index (χ0) is 24.4. The maximum Gasteiger partial charge on any atom is 0.263 e. The highest BCUT2D eigenvalue weighted by molar-refractivity contribution is 5.84. The molecule has 0 aliphatic carbocycles. The minimum Gasteiger partial charge on any atom is -0.481 e. The van der Waals surface area contributed by atoms with Crippen LogP contribution in [-0.2, 0) is 4.79 Å². The smallest absolute Gasteiger partial charge is 0.263 e. The molecule has 1 fully saturated rings. The second kappa shape index (κ2) is 9.66. The molecule has 0 saturated carbocycles. The first-order valence-corrected chi connectivity index (χ1v) is 11.9. The van der Waals surface area contributed by atoms with Gasteiger partial charge < -0.3 is 19.0 Å². The van der Waals surface area contributed by atoms with Crippen LogP contribution in [0.5, 0.6) is 5.75 Å². The number of aryl methyl sites for hydroxylation is 1. The maximum absolute atomic E-state index is 13.2. The van der Waals surface area contributed by atoms with Crippen LogP contribution in [0, 0.1) is 6.92 Å². The molecule has 1 amide bonds. The summed E-state index contributed by atoms with van der Waals surface area (Å²) in [5.41, 5.74) is 2.92. The van der Waals surface area contributed by atoms with Crippen LogP contribution >= 0.6 is 0 Å². The van der Waals surface area contributed by atoms with E-state index >= 15 is 0 Å². The maximum atomic E-state index is 13.2. The second-order valence-electron chi connectivity index (χ2n) is 8.79. The van der Waals surface area contributed by atoms with Crippen molar-refractivity contribution in [1.29, 1.82) is 0 Å². The number of piperazine rings is 1. The van der Waals surface area contributed by atoms with Gasteiger partial charge in [-0.1, -0.05) is 48.5 Å².